The fraction of sp³-hybridized carbons (Fsp3) is 0.633. The van der Waals surface area contributed by atoms with Crippen LogP contribution in [0.15, 0.2) is 18.5 Å². The SMILES string of the molecule is CC1(C)C=C(c2ncc(N3C(=O)C4(CCCC4)c4c(N)nc(CO[Si](C)(C)C(C)(C)C)nc43)cn2)CC(C)(C)O1. The average Bonchev–Trinajstić information content (AvgIpc) is 3.39. The maximum atomic E-state index is 14.2. The number of aromatic nitrogens is 4. The van der Waals surface area contributed by atoms with Gasteiger partial charge < -0.3 is 14.9 Å². The standard InChI is InChI=1S/C30H44N6O3Si/c1-27(2,3)40(8,9)38-18-21-34-23(31)22-25(35-21)36(26(37)30(22)12-10-11-13-30)20-16-32-24(33-17-20)19-14-28(4,5)39-29(6,7)15-19/h14,16-17H,10-13,15,18H2,1-9H3,(H2,31,34,35). The molecule has 2 aromatic heterocycles. The number of rotatable bonds is 5. The van der Waals surface area contributed by atoms with Gasteiger partial charge in [-0.05, 0) is 70.3 Å². The first-order valence-corrected chi connectivity index (χ1v) is 17.3. The zero-order chi connectivity index (χ0) is 29.3. The molecule has 2 N–H and O–H groups in total. The summed E-state index contributed by atoms with van der Waals surface area (Å²) in [4.78, 5) is 34.8. The van der Waals surface area contributed by atoms with Crippen molar-refractivity contribution < 1.29 is 14.0 Å². The van der Waals surface area contributed by atoms with Crippen LogP contribution in [0.1, 0.15) is 97.8 Å². The fourth-order valence-corrected chi connectivity index (χ4v) is 7.13. The second-order valence-corrected chi connectivity index (χ2v) is 19.1. The Bertz CT molecular complexity index is 1350. The van der Waals surface area contributed by atoms with Gasteiger partial charge >= 0.3 is 0 Å². The van der Waals surface area contributed by atoms with Gasteiger partial charge in [-0.3, -0.25) is 9.69 Å². The minimum Gasteiger partial charge on any atom is -0.409 e. The molecule has 0 bridgehead atoms. The number of nitrogens with two attached hydrogens (primary N) is 1. The van der Waals surface area contributed by atoms with Crippen molar-refractivity contribution in [2.45, 2.75) is 122 Å². The summed E-state index contributed by atoms with van der Waals surface area (Å²) in [6, 6.07) is 0. The molecule has 10 heteroatoms. The molecule has 0 saturated heterocycles. The Hall–Kier alpha value is -2.69. The molecule has 4 heterocycles. The van der Waals surface area contributed by atoms with Crippen LogP contribution in [-0.4, -0.2) is 45.4 Å². The Morgan fingerprint density at radius 2 is 1.70 bits per heavy atom. The monoisotopic (exact) mass is 564 g/mol. The van der Waals surface area contributed by atoms with E-state index in [-0.39, 0.29) is 23.2 Å². The van der Waals surface area contributed by atoms with E-state index in [1.54, 1.807) is 17.3 Å². The molecule has 1 aliphatic carbocycles. The summed E-state index contributed by atoms with van der Waals surface area (Å²) in [6.07, 6.45) is 9.62. The molecular weight excluding hydrogens is 520 g/mol. The van der Waals surface area contributed by atoms with Gasteiger partial charge in [0, 0.05) is 6.42 Å². The van der Waals surface area contributed by atoms with Crippen molar-refractivity contribution in [3.8, 4) is 0 Å². The van der Waals surface area contributed by atoms with Gasteiger partial charge in [-0.25, -0.2) is 19.9 Å². The topological polar surface area (TPSA) is 116 Å². The number of ether oxygens (including phenoxy) is 1. The van der Waals surface area contributed by atoms with Crippen LogP contribution in [0.5, 0.6) is 0 Å². The van der Waals surface area contributed by atoms with Crippen LogP contribution in [0.4, 0.5) is 17.3 Å². The van der Waals surface area contributed by atoms with Crippen LogP contribution in [0.2, 0.25) is 18.1 Å². The van der Waals surface area contributed by atoms with Crippen LogP contribution in [0, 0.1) is 0 Å². The fourth-order valence-electron chi connectivity index (χ4n) is 6.21. The molecule has 0 unspecified atom stereocenters. The molecule has 9 nitrogen and oxygen atoms in total. The van der Waals surface area contributed by atoms with Crippen molar-refractivity contribution in [1.29, 1.82) is 0 Å². The lowest BCUT2D eigenvalue weighted by Gasteiger charge is -2.39. The van der Waals surface area contributed by atoms with Gasteiger partial charge in [0.1, 0.15) is 11.6 Å². The Balaban J connectivity index is 1.52. The number of nitrogen functional groups attached to an aromatic ring is 1. The van der Waals surface area contributed by atoms with E-state index in [1.165, 1.54) is 0 Å². The molecule has 1 spiro atoms. The highest BCUT2D eigenvalue weighted by molar-refractivity contribution is 6.74. The second-order valence-electron chi connectivity index (χ2n) is 14.3. The number of hydrogen-bond donors (Lipinski definition) is 1. The highest BCUT2D eigenvalue weighted by atomic mass is 28.4. The first-order valence-electron chi connectivity index (χ1n) is 14.3. The van der Waals surface area contributed by atoms with Crippen molar-refractivity contribution in [3.05, 3.63) is 35.7 Å². The molecule has 0 aromatic carbocycles. The second kappa shape index (κ2) is 9.42. The number of carbonyl (C=O) groups is 1. The maximum Gasteiger partial charge on any atom is 0.243 e. The van der Waals surface area contributed by atoms with E-state index in [0.717, 1.165) is 36.8 Å². The third-order valence-corrected chi connectivity index (χ3v) is 13.4. The van der Waals surface area contributed by atoms with Gasteiger partial charge in [-0.1, -0.05) is 33.6 Å². The summed E-state index contributed by atoms with van der Waals surface area (Å²) in [5.41, 5.74) is 7.51. The van der Waals surface area contributed by atoms with Crippen LogP contribution in [-0.2, 0) is 26.0 Å². The Morgan fingerprint density at radius 1 is 1.07 bits per heavy atom. The molecule has 1 amide bonds. The van der Waals surface area contributed by atoms with Crippen LogP contribution in [0.25, 0.3) is 5.57 Å². The third kappa shape index (κ3) is 4.98. The van der Waals surface area contributed by atoms with Crippen molar-refractivity contribution in [2.75, 3.05) is 10.6 Å². The Kier molecular flexibility index (Phi) is 6.79. The summed E-state index contributed by atoms with van der Waals surface area (Å²) in [7, 11) is -2.04. The van der Waals surface area contributed by atoms with E-state index < -0.39 is 19.3 Å². The van der Waals surface area contributed by atoms with Crippen molar-refractivity contribution in [3.63, 3.8) is 0 Å². The normalized spacial score (nSPS) is 21.6. The smallest absolute Gasteiger partial charge is 0.243 e. The van der Waals surface area contributed by atoms with Crippen LogP contribution in [0.3, 0.4) is 0 Å². The van der Waals surface area contributed by atoms with Gasteiger partial charge in [0.2, 0.25) is 5.91 Å². The minimum absolute atomic E-state index is 0.0210. The third-order valence-electron chi connectivity index (χ3n) is 8.95. The molecule has 216 valence electrons. The van der Waals surface area contributed by atoms with E-state index in [0.29, 0.717) is 35.4 Å². The lowest BCUT2D eigenvalue weighted by Crippen LogP contribution is -2.40. The summed E-state index contributed by atoms with van der Waals surface area (Å²) < 4.78 is 12.6. The number of nitrogens with zero attached hydrogens (tertiary/aromatic N) is 5. The quantitative estimate of drug-likeness (QED) is 0.425. The highest BCUT2D eigenvalue weighted by Gasteiger charge is 2.55. The lowest BCUT2D eigenvalue weighted by molar-refractivity contribution is -0.122. The number of anilines is 3. The van der Waals surface area contributed by atoms with Gasteiger partial charge in [0.15, 0.2) is 20.0 Å². The van der Waals surface area contributed by atoms with Gasteiger partial charge in [-0.2, -0.15) is 0 Å². The van der Waals surface area contributed by atoms with Gasteiger partial charge in [0.05, 0.1) is 46.9 Å². The predicted molar refractivity (Wildman–Crippen MR) is 160 cm³/mol. The molecular formula is C30H44N6O3Si. The van der Waals surface area contributed by atoms with Crippen LogP contribution < -0.4 is 10.6 Å². The molecule has 3 aliphatic rings. The molecule has 2 aromatic rings. The molecule has 1 fully saturated rings. The van der Waals surface area contributed by atoms with E-state index in [1.807, 2.05) is 13.8 Å². The number of fused-ring (bicyclic) bond motifs is 2. The summed E-state index contributed by atoms with van der Waals surface area (Å²) in [5, 5.41) is 0.0502. The summed E-state index contributed by atoms with van der Waals surface area (Å²) in [5.74, 6) is 2.01. The van der Waals surface area contributed by atoms with Crippen molar-refractivity contribution in [1.82, 2.24) is 19.9 Å². The summed E-state index contributed by atoms with van der Waals surface area (Å²) >= 11 is 0. The van der Waals surface area contributed by atoms with Gasteiger partial charge in [-0.15, -0.1) is 0 Å². The number of hydrogen-bond acceptors (Lipinski definition) is 8. The van der Waals surface area contributed by atoms with E-state index >= 15 is 0 Å². The predicted octanol–water partition coefficient (Wildman–Crippen LogP) is 6.22. The molecule has 1 saturated carbocycles. The van der Waals surface area contributed by atoms with Crippen molar-refractivity contribution >= 4 is 37.1 Å². The van der Waals surface area contributed by atoms with E-state index in [4.69, 9.17) is 29.8 Å². The highest BCUT2D eigenvalue weighted by Crippen LogP contribution is 2.54. The Morgan fingerprint density at radius 3 is 2.27 bits per heavy atom. The lowest BCUT2D eigenvalue weighted by atomic mass is 9.80. The molecule has 40 heavy (non-hydrogen) atoms. The zero-order valence-electron chi connectivity index (χ0n) is 25.5. The van der Waals surface area contributed by atoms with Crippen LogP contribution >= 0.6 is 0 Å². The first kappa shape index (κ1) is 28.8. The molecule has 2 aliphatic heterocycles. The minimum atomic E-state index is -2.04. The number of carbonyl (C=O) groups excluding carboxylic acids is 1. The molecule has 0 atom stereocenters. The number of amides is 1. The molecule has 5 rings (SSSR count). The van der Waals surface area contributed by atoms with Gasteiger partial charge in [0.25, 0.3) is 0 Å². The van der Waals surface area contributed by atoms with Crippen molar-refractivity contribution in [2.24, 2.45) is 0 Å². The summed E-state index contributed by atoms with van der Waals surface area (Å²) in [6.45, 7) is 19.5. The average molecular weight is 565 g/mol. The zero-order valence-corrected chi connectivity index (χ0v) is 26.5. The maximum absolute atomic E-state index is 14.2. The van der Waals surface area contributed by atoms with E-state index in [2.05, 4.69) is 58.8 Å². The first-order chi connectivity index (χ1) is 18.4. The largest absolute Gasteiger partial charge is 0.409 e. The van der Waals surface area contributed by atoms with E-state index in [9.17, 15) is 4.79 Å². The molecule has 0 radical (unpaired) electrons. The Labute approximate surface area is 239 Å².